The van der Waals surface area contributed by atoms with Gasteiger partial charge in [0, 0.05) is 6.42 Å². The molecule has 0 spiro atoms. The summed E-state index contributed by atoms with van der Waals surface area (Å²) >= 11 is 0. The van der Waals surface area contributed by atoms with Crippen molar-refractivity contribution in [2.75, 3.05) is 13.2 Å². The number of carbonyl (C=O) groups is 1. The van der Waals surface area contributed by atoms with Crippen molar-refractivity contribution in [3.8, 4) is 0 Å². The van der Waals surface area contributed by atoms with Gasteiger partial charge in [-0.05, 0) is 89.9 Å². The Kier molecular flexibility index (Phi) is 44.5. The van der Waals surface area contributed by atoms with E-state index in [0.29, 0.717) is 6.42 Å². The van der Waals surface area contributed by atoms with E-state index in [-0.39, 0.29) is 12.5 Å². The van der Waals surface area contributed by atoms with Gasteiger partial charge < -0.3 is 40.3 Å². The average Bonchev–Trinajstić information content (AvgIpc) is 3.35. The molecular weight excluding hydrogens is 863 g/mol. The van der Waals surface area contributed by atoms with Crippen molar-refractivity contribution >= 4 is 5.91 Å². The highest BCUT2D eigenvalue weighted by Gasteiger charge is 2.44. The molecule has 1 aliphatic rings. The van der Waals surface area contributed by atoms with E-state index in [1.165, 1.54) is 57.8 Å². The Balaban J connectivity index is 2.25. The summed E-state index contributed by atoms with van der Waals surface area (Å²) in [5.74, 6) is -0.202. The molecule has 0 aromatic rings. The molecule has 1 saturated heterocycles. The highest BCUT2D eigenvalue weighted by atomic mass is 16.7. The summed E-state index contributed by atoms with van der Waals surface area (Å²) in [6.07, 6.45) is 65.4. The lowest BCUT2D eigenvalue weighted by Crippen LogP contribution is -2.60. The van der Waals surface area contributed by atoms with Gasteiger partial charge in [0.1, 0.15) is 24.4 Å². The van der Waals surface area contributed by atoms with Crippen LogP contribution in [0.15, 0.2) is 122 Å². The van der Waals surface area contributed by atoms with Gasteiger partial charge in [0.25, 0.3) is 0 Å². The number of amides is 1. The summed E-state index contributed by atoms with van der Waals surface area (Å²) in [6.45, 7) is 3.63. The van der Waals surface area contributed by atoms with Crippen LogP contribution in [-0.4, -0.2) is 87.5 Å². The zero-order valence-corrected chi connectivity index (χ0v) is 43.3. The zero-order valence-electron chi connectivity index (χ0n) is 43.3. The molecule has 9 nitrogen and oxygen atoms in total. The zero-order chi connectivity index (χ0) is 50.1. The number of hydrogen-bond donors (Lipinski definition) is 6. The third-order valence-corrected chi connectivity index (χ3v) is 12.0. The lowest BCUT2D eigenvalue weighted by atomic mass is 9.99. The fraction of sp³-hybridized carbons (Fsp3) is 0.650. The molecular formula is C60H99NO8. The Morgan fingerprint density at radius 3 is 1.33 bits per heavy atom. The van der Waals surface area contributed by atoms with Gasteiger partial charge in [-0.2, -0.15) is 0 Å². The molecule has 7 unspecified atom stereocenters. The van der Waals surface area contributed by atoms with Crippen LogP contribution >= 0.6 is 0 Å². The molecule has 0 saturated carbocycles. The largest absolute Gasteiger partial charge is 0.394 e. The topological polar surface area (TPSA) is 149 Å². The standard InChI is InChI=1S/C60H99NO8/c1-3-5-7-9-11-13-15-17-18-19-20-21-22-23-24-25-26-27-28-29-30-31-32-33-34-35-36-38-40-42-44-46-48-50-56(64)61-53(52-68-60-59(67)58(66)57(65)55(51-62)69-60)54(63)49-47-45-43-41-39-37-16-14-12-10-8-6-4-2/h5,7,11,13,17-18,20-21,23-24,26-27,29-30,32-33,35-36,47,49,53-55,57-60,62-63,65-67H,3-4,6,8-10,12,14-16,19,22,25,28,31,34,37-46,48,50-52H2,1-2H3,(H,61,64)/b7-5-,13-11-,18-17-,21-20-,24-23-,27-26-,30-29-,33-32-,36-35-,49-47+. The van der Waals surface area contributed by atoms with Gasteiger partial charge in [-0.15, -0.1) is 0 Å². The number of aliphatic hydroxyl groups excluding tert-OH is 5. The molecule has 1 rings (SSSR count). The minimum absolute atomic E-state index is 0.202. The van der Waals surface area contributed by atoms with Gasteiger partial charge in [-0.1, -0.05) is 219 Å². The Labute approximate surface area is 420 Å². The first-order valence-corrected chi connectivity index (χ1v) is 27.3. The summed E-state index contributed by atoms with van der Waals surface area (Å²) in [5.41, 5.74) is 0. The number of allylic oxidation sites excluding steroid dienone is 19. The fourth-order valence-corrected chi connectivity index (χ4v) is 7.74. The molecule has 0 radical (unpaired) electrons. The van der Waals surface area contributed by atoms with Crippen LogP contribution in [0.25, 0.3) is 0 Å². The molecule has 0 aromatic carbocycles. The van der Waals surface area contributed by atoms with Gasteiger partial charge in [0.15, 0.2) is 6.29 Å². The number of ether oxygens (including phenoxy) is 2. The maximum Gasteiger partial charge on any atom is 0.220 e. The molecule has 69 heavy (non-hydrogen) atoms. The van der Waals surface area contributed by atoms with Crippen LogP contribution in [0.2, 0.25) is 0 Å². The van der Waals surface area contributed by atoms with Gasteiger partial charge in [-0.3, -0.25) is 4.79 Å². The Hall–Kier alpha value is -3.41. The summed E-state index contributed by atoms with van der Waals surface area (Å²) in [5, 5.41) is 54.3. The first-order chi connectivity index (χ1) is 33.8. The quantitative estimate of drug-likeness (QED) is 0.0261. The Morgan fingerprint density at radius 1 is 0.507 bits per heavy atom. The van der Waals surface area contributed by atoms with Crippen LogP contribution in [0.1, 0.15) is 194 Å². The summed E-state index contributed by atoms with van der Waals surface area (Å²) in [7, 11) is 0. The van der Waals surface area contributed by atoms with Crippen molar-refractivity contribution in [1.29, 1.82) is 0 Å². The lowest BCUT2D eigenvalue weighted by Gasteiger charge is -2.40. The number of unbranched alkanes of at least 4 members (excludes halogenated alkanes) is 16. The van der Waals surface area contributed by atoms with E-state index in [0.717, 1.165) is 116 Å². The summed E-state index contributed by atoms with van der Waals surface area (Å²) in [6, 6.07) is -0.824. The molecule has 6 N–H and O–H groups in total. The van der Waals surface area contributed by atoms with Crippen LogP contribution in [0.4, 0.5) is 0 Å². The fourth-order valence-electron chi connectivity index (χ4n) is 7.74. The lowest BCUT2D eigenvalue weighted by molar-refractivity contribution is -0.302. The molecule has 1 amide bonds. The molecule has 392 valence electrons. The van der Waals surface area contributed by atoms with Crippen molar-refractivity contribution in [1.82, 2.24) is 5.32 Å². The normalized spacial score (nSPS) is 20.5. The third-order valence-electron chi connectivity index (χ3n) is 12.0. The average molecular weight is 962 g/mol. The second-order valence-corrected chi connectivity index (χ2v) is 18.3. The van der Waals surface area contributed by atoms with Crippen molar-refractivity contribution in [3.63, 3.8) is 0 Å². The Bertz CT molecular complexity index is 1490. The van der Waals surface area contributed by atoms with E-state index in [9.17, 15) is 30.3 Å². The van der Waals surface area contributed by atoms with Crippen LogP contribution in [0.3, 0.4) is 0 Å². The second kappa shape index (κ2) is 48.2. The highest BCUT2D eigenvalue weighted by molar-refractivity contribution is 5.76. The number of carbonyl (C=O) groups excluding carboxylic acids is 1. The monoisotopic (exact) mass is 962 g/mol. The van der Waals surface area contributed by atoms with Gasteiger partial charge in [0.2, 0.25) is 5.91 Å². The minimum Gasteiger partial charge on any atom is -0.394 e. The smallest absolute Gasteiger partial charge is 0.220 e. The van der Waals surface area contributed by atoms with Gasteiger partial charge >= 0.3 is 0 Å². The van der Waals surface area contributed by atoms with Crippen molar-refractivity contribution in [2.45, 2.75) is 236 Å². The second-order valence-electron chi connectivity index (χ2n) is 18.3. The van der Waals surface area contributed by atoms with E-state index in [4.69, 9.17) is 9.47 Å². The molecule has 0 aliphatic carbocycles. The number of rotatable bonds is 44. The van der Waals surface area contributed by atoms with E-state index < -0.39 is 49.5 Å². The van der Waals surface area contributed by atoms with Crippen molar-refractivity contribution < 1.29 is 39.8 Å². The SMILES string of the molecule is CC/C=C\C/C=C\C/C=C\C/C=C\C/C=C\C/C=C\C/C=C\C/C=C\C/C=C\CCCCCCCC(=O)NC(COC1OC(CO)C(O)C(O)C1O)C(O)/C=C/CCCCCCCCCCCCC. The molecule has 1 fully saturated rings. The predicted molar refractivity (Wildman–Crippen MR) is 290 cm³/mol. The third kappa shape index (κ3) is 38.0. The van der Waals surface area contributed by atoms with Crippen LogP contribution in [0, 0.1) is 0 Å². The molecule has 9 heteroatoms. The predicted octanol–water partition coefficient (Wildman–Crippen LogP) is 13.2. The van der Waals surface area contributed by atoms with Crippen molar-refractivity contribution in [2.24, 2.45) is 0 Å². The molecule has 0 aromatic heterocycles. The molecule has 1 aliphatic heterocycles. The van der Waals surface area contributed by atoms with E-state index in [1.54, 1.807) is 6.08 Å². The van der Waals surface area contributed by atoms with Crippen LogP contribution in [0.5, 0.6) is 0 Å². The minimum atomic E-state index is -1.58. The van der Waals surface area contributed by atoms with E-state index in [1.807, 2.05) is 6.08 Å². The number of aliphatic hydroxyl groups is 5. The summed E-state index contributed by atoms with van der Waals surface area (Å²) < 4.78 is 11.2. The number of nitrogens with one attached hydrogen (secondary N) is 1. The van der Waals surface area contributed by atoms with E-state index >= 15 is 0 Å². The maximum atomic E-state index is 13.0. The Morgan fingerprint density at radius 2 is 0.899 bits per heavy atom. The number of hydrogen-bond acceptors (Lipinski definition) is 8. The van der Waals surface area contributed by atoms with Gasteiger partial charge in [-0.25, -0.2) is 0 Å². The summed E-state index contributed by atoms with van der Waals surface area (Å²) in [4.78, 5) is 13.0. The molecule has 0 bridgehead atoms. The van der Waals surface area contributed by atoms with Gasteiger partial charge in [0.05, 0.1) is 25.4 Å². The first kappa shape index (κ1) is 63.6. The molecule has 1 heterocycles. The maximum absolute atomic E-state index is 13.0. The van der Waals surface area contributed by atoms with Crippen LogP contribution in [-0.2, 0) is 14.3 Å². The van der Waals surface area contributed by atoms with E-state index in [2.05, 4.69) is 129 Å². The molecule has 7 atom stereocenters. The van der Waals surface area contributed by atoms with Crippen LogP contribution < -0.4 is 5.32 Å². The van der Waals surface area contributed by atoms with Crippen molar-refractivity contribution in [3.05, 3.63) is 122 Å². The first-order valence-electron chi connectivity index (χ1n) is 27.3. The highest BCUT2D eigenvalue weighted by Crippen LogP contribution is 2.22.